The highest BCUT2D eigenvalue weighted by molar-refractivity contribution is 6.16. The molecule has 1 unspecified atom stereocenters. The second-order valence-electron chi connectivity index (χ2n) is 5.16. The maximum Gasteiger partial charge on any atom is 0.181 e. The maximum atomic E-state index is 11.8. The third-order valence-corrected chi connectivity index (χ3v) is 4.08. The average Bonchev–Trinajstić information content (AvgIpc) is 2.80. The lowest BCUT2D eigenvalue weighted by molar-refractivity contribution is -0.114. The molecule has 1 saturated heterocycles. The van der Waals surface area contributed by atoms with Crippen LogP contribution in [0.25, 0.3) is 0 Å². The molecule has 1 aliphatic carbocycles. The Morgan fingerprint density at radius 1 is 1.42 bits per heavy atom. The van der Waals surface area contributed by atoms with E-state index in [0.717, 1.165) is 23.8 Å². The van der Waals surface area contributed by atoms with Gasteiger partial charge in [-0.25, -0.2) is 0 Å². The van der Waals surface area contributed by atoms with Crippen LogP contribution in [0.5, 0.6) is 0 Å². The Balaban J connectivity index is 1.89. The molecular formula is C13H13N5O. The molecule has 1 atom stereocenters. The van der Waals surface area contributed by atoms with Crippen molar-refractivity contribution < 1.29 is 4.79 Å². The molecule has 0 amide bonds. The Morgan fingerprint density at radius 3 is 3.21 bits per heavy atom. The Labute approximate surface area is 110 Å². The lowest BCUT2D eigenvalue weighted by atomic mass is 9.79. The van der Waals surface area contributed by atoms with Crippen molar-refractivity contribution in [2.45, 2.75) is 12.0 Å². The molecule has 0 aromatic heterocycles. The van der Waals surface area contributed by atoms with Gasteiger partial charge in [0.1, 0.15) is 5.82 Å². The molecule has 96 valence electrons. The van der Waals surface area contributed by atoms with Crippen LogP contribution < -0.4 is 0 Å². The zero-order chi connectivity index (χ0) is 13.0. The van der Waals surface area contributed by atoms with Crippen LogP contribution in [0, 0.1) is 0 Å². The Bertz CT molecular complexity index is 627. The van der Waals surface area contributed by atoms with Crippen LogP contribution >= 0.6 is 0 Å². The van der Waals surface area contributed by atoms with Crippen LogP contribution in [-0.4, -0.2) is 47.0 Å². The molecule has 6 nitrogen and oxygen atoms in total. The predicted molar refractivity (Wildman–Crippen MR) is 69.3 cm³/mol. The second kappa shape index (κ2) is 3.40. The molecule has 3 aliphatic heterocycles. The summed E-state index contributed by atoms with van der Waals surface area (Å²) in [5.74, 6) is 1.17. The van der Waals surface area contributed by atoms with Crippen molar-refractivity contribution in [3.63, 3.8) is 0 Å². The van der Waals surface area contributed by atoms with E-state index in [9.17, 15) is 4.79 Å². The van der Waals surface area contributed by atoms with Crippen molar-refractivity contribution in [3.05, 3.63) is 35.8 Å². The summed E-state index contributed by atoms with van der Waals surface area (Å²) in [5, 5.41) is 12.3. The van der Waals surface area contributed by atoms with Gasteiger partial charge in [0.05, 0.1) is 24.4 Å². The van der Waals surface area contributed by atoms with Gasteiger partial charge in [0.2, 0.25) is 0 Å². The zero-order valence-corrected chi connectivity index (χ0v) is 10.6. The fourth-order valence-electron chi connectivity index (χ4n) is 3.15. The molecule has 3 heterocycles. The van der Waals surface area contributed by atoms with E-state index in [-0.39, 0.29) is 5.78 Å². The minimum Gasteiger partial charge on any atom is -0.351 e. The fraction of sp³-hybridized carbons (Fsp3) is 0.385. The summed E-state index contributed by atoms with van der Waals surface area (Å²) in [4.78, 5) is 16.1. The highest BCUT2D eigenvalue weighted by Gasteiger charge is 2.53. The summed E-state index contributed by atoms with van der Waals surface area (Å²) in [7, 11) is 1.97. The monoisotopic (exact) mass is 255 g/mol. The van der Waals surface area contributed by atoms with Gasteiger partial charge in [-0.15, -0.1) is 10.2 Å². The molecule has 4 rings (SSSR count). The lowest BCUT2D eigenvalue weighted by Crippen LogP contribution is -2.59. The van der Waals surface area contributed by atoms with Crippen molar-refractivity contribution in [1.29, 1.82) is 0 Å². The predicted octanol–water partition coefficient (Wildman–Crippen LogP) is 1.06. The lowest BCUT2D eigenvalue weighted by Gasteiger charge is -2.49. The molecule has 0 aromatic rings. The smallest absolute Gasteiger partial charge is 0.181 e. The van der Waals surface area contributed by atoms with E-state index in [1.54, 1.807) is 6.08 Å². The van der Waals surface area contributed by atoms with E-state index >= 15 is 0 Å². The first kappa shape index (κ1) is 10.7. The van der Waals surface area contributed by atoms with Gasteiger partial charge >= 0.3 is 0 Å². The Morgan fingerprint density at radius 2 is 2.32 bits per heavy atom. The molecular weight excluding hydrogens is 242 g/mol. The molecule has 0 bridgehead atoms. The number of ketones is 1. The molecule has 1 fully saturated rings. The highest BCUT2D eigenvalue weighted by Crippen LogP contribution is 2.42. The summed E-state index contributed by atoms with van der Waals surface area (Å²) in [6.07, 6.45) is 8.22. The molecule has 0 aromatic carbocycles. The maximum absolute atomic E-state index is 11.8. The van der Waals surface area contributed by atoms with E-state index in [4.69, 9.17) is 0 Å². The Kier molecular flexibility index (Phi) is 1.91. The molecule has 0 saturated carbocycles. The van der Waals surface area contributed by atoms with Crippen LogP contribution in [0.2, 0.25) is 0 Å². The van der Waals surface area contributed by atoms with Crippen molar-refractivity contribution in [1.82, 2.24) is 9.80 Å². The third-order valence-electron chi connectivity index (χ3n) is 4.08. The molecule has 1 spiro atoms. The first-order chi connectivity index (χ1) is 9.21. The minimum absolute atomic E-state index is 0.0731. The van der Waals surface area contributed by atoms with Gasteiger partial charge < -0.3 is 9.80 Å². The summed E-state index contributed by atoms with van der Waals surface area (Å²) >= 11 is 0. The van der Waals surface area contributed by atoms with Crippen molar-refractivity contribution in [2.24, 2.45) is 15.4 Å². The number of nitrogens with zero attached hydrogens (tertiary/aromatic N) is 5. The van der Waals surface area contributed by atoms with E-state index in [2.05, 4.69) is 32.5 Å². The fourth-order valence-corrected chi connectivity index (χ4v) is 3.15. The summed E-state index contributed by atoms with van der Waals surface area (Å²) in [6.45, 7) is 1.55. The van der Waals surface area contributed by atoms with Gasteiger partial charge in [-0.05, 0) is 11.3 Å². The number of hydrogen-bond acceptors (Lipinski definition) is 6. The first-order valence-electron chi connectivity index (χ1n) is 6.30. The molecule has 19 heavy (non-hydrogen) atoms. The van der Waals surface area contributed by atoms with Crippen LogP contribution in [-0.2, 0) is 4.79 Å². The average molecular weight is 255 g/mol. The van der Waals surface area contributed by atoms with Gasteiger partial charge in [-0.1, -0.05) is 12.2 Å². The molecule has 4 aliphatic rings. The van der Waals surface area contributed by atoms with E-state index < -0.39 is 5.54 Å². The largest absolute Gasteiger partial charge is 0.351 e. The van der Waals surface area contributed by atoms with E-state index in [0.29, 0.717) is 13.0 Å². The van der Waals surface area contributed by atoms with Crippen molar-refractivity contribution >= 4 is 11.5 Å². The van der Waals surface area contributed by atoms with Gasteiger partial charge in [0, 0.05) is 19.7 Å². The van der Waals surface area contributed by atoms with Gasteiger partial charge in [0.25, 0.3) is 0 Å². The molecule has 0 radical (unpaired) electrons. The number of rotatable bonds is 0. The van der Waals surface area contributed by atoms with Gasteiger partial charge in [-0.2, -0.15) is 0 Å². The van der Waals surface area contributed by atoms with Crippen LogP contribution in [0.3, 0.4) is 0 Å². The van der Waals surface area contributed by atoms with Crippen molar-refractivity contribution in [3.8, 4) is 0 Å². The standard InChI is InChI=1S/C13H13N5O/c1-17-11-7-9(19)6-10-13(11,15-16-14-10)8-18-5-3-2-4-12(17)18/h2-4,7H,5-6,8H2,1H3. The van der Waals surface area contributed by atoms with Gasteiger partial charge in [0.15, 0.2) is 11.3 Å². The second-order valence-corrected chi connectivity index (χ2v) is 5.16. The summed E-state index contributed by atoms with van der Waals surface area (Å²) < 4.78 is 0. The number of hydrogen-bond donors (Lipinski definition) is 0. The number of fused-ring (bicyclic) bond motifs is 1. The van der Waals surface area contributed by atoms with Crippen molar-refractivity contribution in [2.75, 3.05) is 20.1 Å². The van der Waals surface area contributed by atoms with E-state index in [1.165, 1.54) is 0 Å². The summed E-state index contributed by atoms with van der Waals surface area (Å²) in [6, 6.07) is 0. The third kappa shape index (κ3) is 1.26. The molecule has 6 heteroatoms. The summed E-state index contributed by atoms with van der Waals surface area (Å²) in [5.41, 5.74) is 1.11. The van der Waals surface area contributed by atoms with Crippen LogP contribution in [0.1, 0.15) is 6.42 Å². The van der Waals surface area contributed by atoms with Gasteiger partial charge in [-0.3, -0.25) is 4.79 Å². The quantitative estimate of drug-likeness (QED) is 0.650. The number of carbonyl (C=O) groups excluding carboxylic acids is 1. The zero-order valence-electron chi connectivity index (χ0n) is 10.6. The Hall–Kier alpha value is -2.24. The number of likely N-dealkylation sites (N-methyl/N-ethyl adjacent to an activating group) is 1. The number of carbonyl (C=O) groups is 1. The minimum atomic E-state index is -0.550. The SMILES string of the molecule is CN1C2=CC=CCN2CC23N=NN=C2CC(=O)C=C13. The topological polar surface area (TPSA) is 60.6 Å². The van der Waals surface area contributed by atoms with Crippen LogP contribution in [0.4, 0.5) is 0 Å². The highest BCUT2D eigenvalue weighted by atomic mass is 16.1. The normalized spacial score (nSPS) is 31.4. The first-order valence-corrected chi connectivity index (χ1v) is 6.30. The number of allylic oxidation sites excluding steroid dienone is 3. The molecule has 0 N–H and O–H groups in total. The van der Waals surface area contributed by atoms with E-state index in [1.807, 2.05) is 18.0 Å². The van der Waals surface area contributed by atoms with Crippen LogP contribution in [0.15, 0.2) is 51.3 Å².